The largest absolute Gasteiger partial charge is 0.364 e. The lowest BCUT2D eigenvalue weighted by atomic mass is 9.98. The fourth-order valence-corrected chi connectivity index (χ4v) is 3.14. The van der Waals surface area contributed by atoms with E-state index in [1.54, 1.807) is 6.20 Å². The van der Waals surface area contributed by atoms with Gasteiger partial charge in [-0.15, -0.1) is 0 Å². The van der Waals surface area contributed by atoms with Crippen LogP contribution in [0.2, 0.25) is 0 Å². The Hall–Kier alpha value is -1.10. The number of hydrogen-bond acceptors (Lipinski definition) is 3. The quantitative estimate of drug-likeness (QED) is 0.925. The fraction of sp³-hybridized carbons (Fsp3) is 0.538. The molecule has 96 valence electrons. The van der Waals surface area contributed by atoms with Crippen LogP contribution in [-0.4, -0.2) is 20.4 Å². The third-order valence-corrected chi connectivity index (χ3v) is 4.51. The first kappa shape index (κ1) is 12.0. The molecule has 4 nitrogen and oxygen atoms in total. The van der Waals surface area contributed by atoms with Gasteiger partial charge in [-0.2, -0.15) is 0 Å². The van der Waals surface area contributed by atoms with Gasteiger partial charge < -0.3 is 9.72 Å². The summed E-state index contributed by atoms with van der Waals surface area (Å²) in [5.41, 5.74) is 0.893. The first-order chi connectivity index (χ1) is 8.65. The maximum Gasteiger partial charge on any atom is 0.180 e. The fourth-order valence-electron chi connectivity index (χ4n) is 2.74. The zero-order valence-electron chi connectivity index (χ0n) is 10.6. The summed E-state index contributed by atoms with van der Waals surface area (Å²) in [6.45, 7) is 4.64. The average Bonchev–Trinajstić information content (AvgIpc) is 2.90. The van der Waals surface area contributed by atoms with Crippen molar-refractivity contribution in [2.24, 2.45) is 11.8 Å². The van der Waals surface area contributed by atoms with Crippen molar-refractivity contribution in [1.29, 1.82) is 0 Å². The first-order valence-corrected chi connectivity index (χ1v) is 7.20. The van der Waals surface area contributed by atoms with Crippen LogP contribution in [0.4, 0.5) is 5.82 Å². The lowest BCUT2D eigenvalue weighted by molar-refractivity contribution is 0.435. The number of hydrogen-bond donors (Lipinski definition) is 1. The van der Waals surface area contributed by atoms with Crippen molar-refractivity contribution in [3.63, 3.8) is 0 Å². The molecule has 1 fully saturated rings. The summed E-state index contributed by atoms with van der Waals surface area (Å²) in [5, 5.41) is 3.57. The van der Waals surface area contributed by atoms with Crippen molar-refractivity contribution in [3.8, 4) is 0 Å². The van der Waals surface area contributed by atoms with Gasteiger partial charge in [0, 0.05) is 24.6 Å². The van der Waals surface area contributed by atoms with E-state index in [9.17, 15) is 0 Å². The molecule has 0 aliphatic heterocycles. The van der Waals surface area contributed by atoms with Crippen LogP contribution in [0.5, 0.6) is 0 Å². The highest BCUT2D eigenvalue weighted by Gasteiger charge is 2.30. The van der Waals surface area contributed by atoms with Gasteiger partial charge in [-0.05, 0) is 40.6 Å². The van der Waals surface area contributed by atoms with Crippen molar-refractivity contribution in [1.82, 2.24) is 14.4 Å². The van der Waals surface area contributed by atoms with E-state index in [4.69, 9.17) is 0 Å². The number of nitrogens with one attached hydrogen (secondary N) is 1. The molecule has 18 heavy (non-hydrogen) atoms. The highest BCUT2D eigenvalue weighted by atomic mass is 79.9. The number of rotatable bonds is 2. The second-order valence-electron chi connectivity index (χ2n) is 5.23. The Morgan fingerprint density at radius 2 is 2.22 bits per heavy atom. The van der Waals surface area contributed by atoms with Crippen molar-refractivity contribution in [2.75, 3.05) is 5.32 Å². The van der Waals surface area contributed by atoms with E-state index < -0.39 is 0 Å². The number of fused-ring (bicyclic) bond motifs is 1. The maximum atomic E-state index is 4.52. The van der Waals surface area contributed by atoms with Gasteiger partial charge in [-0.3, -0.25) is 0 Å². The van der Waals surface area contributed by atoms with Crippen molar-refractivity contribution < 1.29 is 0 Å². The van der Waals surface area contributed by atoms with E-state index in [0.29, 0.717) is 12.0 Å². The average molecular weight is 309 g/mol. The van der Waals surface area contributed by atoms with Gasteiger partial charge in [0.15, 0.2) is 11.5 Å². The van der Waals surface area contributed by atoms with Gasteiger partial charge >= 0.3 is 0 Å². The molecule has 1 N–H and O–H groups in total. The molecule has 2 heterocycles. The second kappa shape index (κ2) is 4.53. The topological polar surface area (TPSA) is 42.2 Å². The number of halogens is 1. The van der Waals surface area contributed by atoms with Crippen LogP contribution in [-0.2, 0) is 0 Å². The molecular weight excluding hydrogens is 292 g/mol. The van der Waals surface area contributed by atoms with Crippen LogP contribution in [0.3, 0.4) is 0 Å². The third-order valence-electron chi connectivity index (χ3n) is 4.13. The highest BCUT2D eigenvalue weighted by Crippen LogP contribution is 2.33. The summed E-state index contributed by atoms with van der Waals surface area (Å²) in [5.74, 6) is 2.34. The van der Waals surface area contributed by atoms with Gasteiger partial charge in [0.25, 0.3) is 0 Å². The van der Waals surface area contributed by atoms with E-state index in [1.807, 2.05) is 16.8 Å². The summed E-state index contributed by atoms with van der Waals surface area (Å²) < 4.78 is 2.82. The molecule has 2 aromatic heterocycles. The van der Waals surface area contributed by atoms with E-state index in [1.165, 1.54) is 12.8 Å². The molecule has 0 aromatic carbocycles. The summed E-state index contributed by atoms with van der Waals surface area (Å²) >= 11 is 3.44. The molecule has 1 aliphatic carbocycles. The predicted octanol–water partition coefficient (Wildman–Crippen LogP) is 3.34. The van der Waals surface area contributed by atoms with E-state index in [2.05, 4.69) is 45.1 Å². The summed E-state index contributed by atoms with van der Waals surface area (Å²) in [4.78, 5) is 8.88. The van der Waals surface area contributed by atoms with Crippen LogP contribution < -0.4 is 5.32 Å². The minimum atomic E-state index is 0.502. The Kier molecular flexibility index (Phi) is 3.01. The molecule has 5 heteroatoms. The smallest absolute Gasteiger partial charge is 0.180 e. The van der Waals surface area contributed by atoms with Gasteiger partial charge in [0.05, 0.1) is 0 Å². The molecule has 2 aromatic rings. The normalized spacial score (nSPS) is 27.8. The lowest BCUT2D eigenvalue weighted by Gasteiger charge is -2.20. The minimum absolute atomic E-state index is 0.502. The predicted molar refractivity (Wildman–Crippen MR) is 75.7 cm³/mol. The summed E-state index contributed by atoms with van der Waals surface area (Å²) in [6, 6.07) is 0.502. The molecule has 3 atom stereocenters. The van der Waals surface area contributed by atoms with E-state index >= 15 is 0 Å². The van der Waals surface area contributed by atoms with Crippen LogP contribution in [0.25, 0.3) is 5.65 Å². The Balaban J connectivity index is 1.92. The lowest BCUT2D eigenvalue weighted by Crippen LogP contribution is -2.25. The molecular formula is C13H17BrN4. The SMILES string of the molecule is CC1CCC(Nc2nc(Br)cn3ccnc23)C1C. The zero-order chi connectivity index (χ0) is 12.7. The molecule has 0 amide bonds. The molecule has 3 unspecified atom stereocenters. The maximum absolute atomic E-state index is 4.52. The standard InChI is InChI=1S/C13H17BrN4/c1-8-3-4-10(9(8)2)16-12-13-15-5-6-18(13)7-11(14)17-12/h5-10H,3-4H2,1-2H3,(H,16,17). The molecule has 0 bridgehead atoms. The van der Waals surface area contributed by atoms with Crippen LogP contribution in [0.1, 0.15) is 26.7 Å². The molecule has 1 aliphatic rings. The van der Waals surface area contributed by atoms with Gasteiger partial charge in [0.1, 0.15) is 4.60 Å². The van der Waals surface area contributed by atoms with Gasteiger partial charge in [0.2, 0.25) is 0 Å². The summed E-state index contributed by atoms with van der Waals surface area (Å²) in [6.07, 6.45) is 8.16. The first-order valence-electron chi connectivity index (χ1n) is 6.41. The van der Waals surface area contributed by atoms with Crippen LogP contribution >= 0.6 is 15.9 Å². The zero-order valence-corrected chi connectivity index (χ0v) is 12.2. The van der Waals surface area contributed by atoms with Crippen molar-refractivity contribution >= 4 is 27.4 Å². The van der Waals surface area contributed by atoms with Crippen LogP contribution in [0.15, 0.2) is 23.2 Å². The highest BCUT2D eigenvalue weighted by molar-refractivity contribution is 9.10. The Morgan fingerprint density at radius 1 is 1.39 bits per heavy atom. The number of anilines is 1. The second-order valence-corrected chi connectivity index (χ2v) is 6.05. The van der Waals surface area contributed by atoms with Gasteiger partial charge in [-0.1, -0.05) is 13.8 Å². The van der Waals surface area contributed by atoms with Crippen molar-refractivity contribution in [3.05, 3.63) is 23.2 Å². The third kappa shape index (κ3) is 2.00. The molecule has 0 radical (unpaired) electrons. The Bertz CT molecular complexity index is 565. The molecule has 0 saturated heterocycles. The molecule has 3 rings (SSSR count). The monoisotopic (exact) mass is 308 g/mol. The molecule has 0 spiro atoms. The van der Waals surface area contributed by atoms with E-state index in [-0.39, 0.29) is 0 Å². The minimum Gasteiger partial charge on any atom is -0.364 e. The Labute approximate surface area is 115 Å². The van der Waals surface area contributed by atoms with Crippen LogP contribution in [0, 0.1) is 11.8 Å². The van der Waals surface area contributed by atoms with Crippen molar-refractivity contribution in [2.45, 2.75) is 32.7 Å². The Morgan fingerprint density at radius 3 is 2.94 bits per heavy atom. The number of nitrogens with zero attached hydrogens (tertiary/aromatic N) is 3. The number of imidazole rings is 1. The summed E-state index contributed by atoms with van der Waals surface area (Å²) in [7, 11) is 0. The van der Waals surface area contributed by atoms with Gasteiger partial charge in [-0.25, -0.2) is 9.97 Å². The number of aromatic nitrogens is 3. The van der Waals surface area contributed by atoms with E-state index in [0.717, 1.165) is 22.0 Å². The molecule has 1 saturated carbocycles.